The summed E-state index contributed by atoms with van der Waals surface area (Å²) in [4.78, 5) is 12.3. The minimum atomic E-state index is -3.62. The van der Waals surface area contributed by atoms with Crippen LogP contribution in [0.4, 0.5) is 14.9 Å². The number of ether oxygens (including phenoxy) is 3. The molecule has 1 N–H and O–H groups in total. The van der Waals surface area contributed by atoms with E-state index in [1.165, 1.54) is 42.7 Å². The van der Waals surface area contributed by atoms with Crippen LogP contribution in [0.15, 0.2) is 65.1 Å². The molecular weight excluding hydrogens is 539 g/mol. The van der Waals surface area contributed by atoms with E-state index in [-0.39, 0.29) is 30.6 Å². The molecule has 0 aliphatic heterocycles. The highest BCUT2D eigenvalue weighted by Crippen LogP contribution is 2.49. The van der Waals surface area contributed by atoms with Gasteiger partial charge in [-0.3, -0.25) is 4.31 Å². The maximum atomic E-state index is 13.2. The molecule has 1 amide bonds. The summed E-state index contributed by atoms with van der Waals surface area (Å²) >= 11 is 0. The van der Waals surface area contributed by atoms with E-state index < -0.39 is 16.1 Å². The summed E-state index contributed by atoms with van der Waals surface area (Å²) in [6.45, 7) is 0.362. The number of halogens is 1. The molecule has 9 nitrogen and oxygen atoms in total. The number of nitrogens with zero attached hydrogens (tertiary/aromatic N) is 1. The quantitative estimate of drug-likeness (QED) is 0.249. The normalized spacial score (nSPS) is 13.3. The fourth-order valence-corrected chi connectivity index (χ4v) is 5.37. The Morgan fingerprint density at radius 3 is 2.30 bits per heavy atom. The van der Waals surface area contributed by atoms with Crippen LogP contribution < -0.4 is 19.1 Å². The lowest BCUT2D eigenvalue weighted by atomic mass is 10.0. The lowest BCUT2D eigenvalue weighted by Gasteiger charge is -2.24. The molecule has 0 atom stereocenters. The first-order chi connectivity index (χ1) is 19.2. The molecule has 0 bridgehead atoms. The lowest BCUT2D eigenvalue weighted by molar-refractivity contribution is 0.203. The van der Waals surface area contributed by atoms with E-state index in [4.69, 9.17) is 18.6 Å². The van der Waals surface area contributed by atoms with Crippen LogP contribution in [0.1, 0.15) is 24.3 Å². The van der Waals surface area contributed by atoms with Crippen molar-refractivity contribution in [2.45, 2.75) is 18.8 Å². The van der Waals surface area contributed by atoms with Gasteiger partial charge in [-0.05, 0) is 78.9 Å². The van der Waals surface area contributed by atoms with Crippen molar-refractivity contribution < 1.29 is 36.2 Å². The minimum Gasteiger partial charge on any atom is -0.457 e. The largest absolute Gasteiger partial charge is 0.457 e. The standard InChI is InChI=1S/C29H29FN2O7S/c1-31-29(33)39-28-24-16-23(18-4-5-18)25(32(14-15-36-2)40(3,34)35)17-26(24)38-27(28)19-6-10-21(11-7-19)37-22-12-8-20(30)9-13-22/h6-13,16-18H,4-5,14-15H2,1-3H3,(H,31,33). The molecule has 1 fully saturated rings. The summed E-state index contributed by atoms with van der Waals surface area (Å²) in [6.07, 6.45) is 2.33. The topological polar surface area (TPSA) is 107 Å². The fraction of sp³-hybridized carbons (Fsp3) is 0.276. The fourth-order valence-electron chi connectivity index (χ4n) is 4.45. The van der Waals surface area contributed by atoms with Gasteiger partial charge in [-0.2, -0.15) is 0 Å². The number of benzene rings is 3. The maximum absolute atomic E-state index is 13.2. The molecule has 40 heavy (non-hydrogen) atoms. The Morgan fingerprint density at radius 2 is 1.73 bits per heavy atom. The zero-order valence-corrected chi connectivity index (χ0v) is 23.1. The van der Waals surface area contributed by atoms with Crippen molar-refractivity contribution in [2.75, 3.05) is 37.9 Å². The Bertz CT molecular complexity index is 1630. The number of sulfonamides is 1. The van der Waals surface area contributed by atoms with Crippen LogP contribution in [-0.4, -0.2) is 48.1 Å². The SMILES string of the molecule is CNC(=O)Oc1c(-c2ccc(Oc3ccc(F)cc3)cc2)oc2cc(N(CCOC)S(C)(=O)=O)c(C3CC3)cc12. The predicted octanol–water partition coefficient (Wildman–Crippen LogP) is 6.04. The van der Waals surface area contributed by atoms with Crippen LogP contribution in [0, 0.1) is 5.82 Å². The average molecular weight is 569 g/mol. The molecule has 5 rings (SSSR count). The Morgan fingerprint density at radius 1 is 1.07 bits per heavy atom. The summed E-state index contributed by atoms with van der Waals surface area (Å²) in [5, 5.41) is 3.01. The predicted molar refractivity (Wildman–Crippen MR) is 149 cm³/mol. The van der Waals surface area contributed by atoms with Gasteiger partial charge in [0.25, 0.3) is 0 Å². The van der Waals surface area contributed by atoms with Crippen LogP contribution in [0.3, 0.4) is 0 Å². The Labute approximate surface area is 231 Å². The van der Waals surface area contributed by atoms with Crippen molar-refractivity contribution in [1.82, 2.24) is 5.32 Å². The van der Waals surface area contributed by atoms with Gasteiger partial charge in [-0.25, -0.2) is 17.6 Å². The average Bonchev–Trinajstić information content (AvgIpc) is 3.72. The van der Waals surface area contributed by atoms with Gasteiger partial charge in [-0.1, -0.05) is 0 Å². The van der Waals surface area contributed by atoms with E-state index in [1.54, 1.807) is 30.3 Å². The Hall–Kier alpha value is -4.09. The monoisotopic (exact) mass is 568 g/mol. The maximum Gasteiger partial charge on any atom is 0.412 e. The number of methoxy groups -OCH3 is 1. The van der Waals surface area contributed by atoms with Crippen LogP contribution >= 0.6 is 0 Å². The molecule has 3 aromatic carbocycles. The summed E-state index contributed by atoms with van der Waals surface area (Å²) in [5.74, 6) is 1.33. The molecule has 210 valence electrons. The van der Waals surface area contributed by atoms with Crippen LogP contribution in [0.2, 0.25) is 0 Å². The number of carbonyl (C=O) groups excluding carboxylic acids is 1. The number of carbonyl (C=O) groups is 1. The summed E-state index contributed by atoms with van der Waals surface area (Å²) in [6, 6.07) is 16.1. The molecule has 0 saturated heterocycles. The second kappa shape index (κ2) is 11.2. The smallest absolute Gasteiger partial charge is 0.412 e. The van der Waals surface area contributed by atoms with E-state index in [0.29, 0.717) is 39.5 Å². The zero-order chi connectivity index (χ0) is 28.4. The first-order valence-corrected chi connectivity index (χ1v) is 14.5. The molecule has 0 spiro atoms. The third kappa shape index (κ3) is 5.90. The molecule has 0 unspecified atom stereocenters. The van der Waals surface area contributed by atoms with Gasteiger partial charge in [0.1, 0.15) is 22.9 Å². The lowest BCUT2D eigenvalue weighted by Crippen LogP contribution is -2.33. The summed E-state index contributed by atoms with van der Waals surface area (Å²) < 4.78 is 62.9. The first kappa shape index (κ1) is 27.5. The highest BCUT2D eigenvalue weighted by molar-refractivity contribution is 7.92. The van der Waals surface area contributed by atoms with Gasteiger partial charge in [0, 0.05) is 25.8 Å². The highest BCUT2D eigenvalue weighted by atomic mass is 32.2. The zero-order valence-electron chi connectivity index (χ0n) is 22.3. The molecule has 11 heteroatoms. The van der Waals surface area contributed by atoms with Crippen molar-refractivity contribution in [3.63, 3.8) is 0 Å². The van der Waals surface area contributed by atoms with Crippen LogP contribution in [0.5, 0.6) is 17.2 Å². The Kier molecular flexibility index (Phi) is 7.68. The number of fused-ring (bicyclic) bond motifs is 1. The van der Waals surface area contributed by atoms with Gasteiger partial charge >= 0.3 is 6.09 Å². The molecule has 1 aromatic heterocycles. The van der Waals surface area contributed by atoms with Crippen molar-refractivity contribution in [1.29, 1.82) is 0 Å². The summed E-state index contributed by atoms with van der Waals surface area (Å²) in [7, 11) is -0.643. The van der Waals surface area contributed by atoms with Crippen LogP contribution in [0.25, 0.3) is 22.3 Å². The number of hydrogen-bond acceptors (Lipinski definition) is 7. The van der Waals surface area contributed by atoms with E-state index in [2.05, 4.69) is 5.32 Å². The van der Waals surface area contributed by atoms with Crippen molar-refractivity contribution >= 4 is 32.8 Å². The number of rotatable bonds is 10. The molecule has 1 aliphatic carbocycles. The van der Waals surface area contributed by atoms with Crippen molar-refractivity contribution in [2.24, 2.45) is 0 Å². The number of amides is 1. The Balaban J connectivity index is 1.59. The molecule has 4 aromatic rings. The first-order valence-electron chi connectivity index (χ1n) is 12.7. The van der Waals surface area contributed by atoms with Gasteiger partial charge in [-0.15, -0.1) is 0 Å². The van der Waals surface area contributed by atoms with Crippen LogP contribution in [-0.2, 0) is 14.8 Å². The number of furan rings is 1. The summed E-state index contributed by atoms with van der Waals surface area (Å²) in [5.41, 5.74) is 2.33. The number of nitrogens with one attached hydrogen (secondary N) is 1. The molecule has 1 aliphatic rings. The molecule has 1 saturated carbocycles. The van der Waals surface area contributed by atoms with E-state index in [9.17, 15) is 17.6 Å². The molecular formula is C29H29FN2O7S. The minimum absolute atomic E-state index is 0.144. The van der Waals surface area contributed by atoms with Crippen molar-refractivity contribution in [3.05, 3.63) is 72.0 Å². The van der Waals surface area contributed by atoms with Crippen molar-refractivity contribution in [3.8, 4) is 28.6 Å². The second-order valence-electron chi connectivity index (χ2n) is 9.49. The van der Waals surface area contributed by atoms with E-state index >= 15 is 0 Å². The van der Waals surface area contributed by atoms with E-state index in [0.717, 1.165) is 24.7 Å². The van der Waals surface area contributed by atoms with Gasteiger partial charge in [0.05, 0.1) is 30.5 Å². The third-order valence-corrected chi connectivity index (χ3v) is 7.72. The molecule has 0 radical (unpaired) electrons. The van der Waals surface area contributed by atoms with Gasteiger partial charge in [0.15, 0.2) is 11.5 Å². The molecule has 1 heterocycles. The number of hydrogen-bond donors (Lipinski definition) is 1. The van der Waals surface area contributed by atoms with E-state index in [1.807, 2.05) is 6.07 Å². The van der Waals surface area contributed by atoms with Gasteiger partial charge < -0.3 is 23.9 Å². The van der Waals surface area contributed by atoms with Gasteiger partial charge in [0.2, 0.25) is 10.0 Å². The second-order valence-corrected chi connectivity index (χ2v) is 11.4. The third-order valence-electron chi connectivity index (χ3n) is 6.54. The number of anilines is 1. The highest BCUT2D eigenvalue weighted by Gasteiger charge is 2.33.